The normalized spacial score (nSPS) is 11.6. The summed E-state index contributed by atoms with van der Waals surface area (Å²) in [6, 6.07) is 0. The summed E-state index contributed by atoms with van der Waals surface area (Å²) in [6.45, 7) is 2.90. The number of aliphatic carboxylic acids is 1. The number of hydrogen-bond acceptors (Lipinski definition) is 5. The third kappa shape index (κ3) is 6.74. The van der Waals surface area contributed by atoms with Crippen LogP contribution < -0.4 is 4.72 Å². The lowest BCUT2D eigenvalue weighted by Gasteiger charge is -2.17. The predicted molar refractivity (Wildman–Crippen MR) is 58.6 cm³/mol. The van der Waals surface area contributed by atoms with E-state index in [4.69, 9.17) is 5.11 Å². The van der Waals surface area contributed by atoms with E-state index in [-0.39, 0.29) is 13.0 Å². The standard InChI is InChI=1S/C8H16N2O6S/c1-6(2)16-8(13)9-17(14,15)10(3)5-4-7(11)12/h6H,4-5H2,1-3H3,(H,9,13)(H,11,12). The van der Waals surface area contributed by atoms with E-state index in [0.29, 0.717) is 0 Å². The number of carbonyl (C=O) groups excluding carboxylic acids is 1. The Morgan fingerprint density at radius 1 is 1.41 bits per heavy atom. The molecule has 0 bridgehead atoms. The molecule has 0 aromatic rings. The number of rotatable bonds is 6. The molecule has 100 valence electrons. The Morgan fingerprint density at radius 2 is 1.94 bits per heavy atom. The van der Waals surface area contributed by atoms with E-state index in [0.717, 1.165) is 11.4 Å². The molecule has 0 saturated heterocycles. The number of carboxylic acid groups (broad SMARTS) is 1. The zero-order valence-corrected chi connectivity index (χ0v) is 10.7. The summed E-state index contributed by atoms with van der Waals surface area (Å²) in [5.41, 5.74) is 0. The molecule has 0 fully saturated rings. The van der Waals surface area contributed by atoms with Gasteiger partial charge in [0.15, 0.2) is 0 Å². The number of hydrogen-bond donors (Lipinski definition) is 2. The quantitative estimate of drug-likeness (QED) is 0.688. The molecular weight excluding hydrogens is 252 g/mol. The molecule has 0 aliphatic carbocycles. The van der Waals surface area contributed by atoms with E-state index in [2.05, 4.69) is 4.74 Å². The zero-order valence-electron chi connectivity index (χ0n) is 9.84. The molecule has 0 aromatic heterocycles. The highest BCUT2D eigenvalue weighted by atomic mass is 32.2. The van der Waals surface area contributed by atoms with Crippen molar-refractivity contribution in [3.8, 4) is 0 Å². The van der Waals surface area contributed by atoms with Gasteiger partial charge in [0.2, 0.25) is 0 Å². The van der Waals surface area contributed by atoms with Gasteiger partial charge in [0.1, 0.15) is 0 Å². The average Bonchev–Trinajstić information content (AvgIpc) is 2.11. The molecule has 0 aliphatic heterocycles. The average molecular weight is 268 g/mol. The molecule has 17 heavy (non-hydrogen) atoms. The Balaban J connectivity index is 4.36. The lowest BCUT2D eigenvalue weighted by molar-refractivity contribution is -0.137. The molecule has 1 amide bonds. The van der Waals surface area contributed by atoms with Crippen molar-refractivity contribution in [2.45, 2.75) is 26.4 Å². The Kier molecular flexibility index (Phi) is 5.89. The summed E-state index contributed by atoms with van der Waals surface area (Å²) >= 11 is 0. The Labute approximate surface area is 99.7 Å². The SMILES string of the molecule is CC(C)OC(=O)NS(=O)(=O)N(C)CCC(=O)O. The highest BCUT2D eigenvalue weighted by Crippen LogP contribution is 1.98. The minimum absolute atomic E-state index is 0.236. The number of nitrogens with one attached hydrogen (secondary N) is 1. The van der Waals surface area contributed by atoms with Crippen molar-refractivity contribution in [2.24, 2.45) is 0 Å². The Morgan fingerprint density at radius 3 is 2.35 bits per heavy atom. The molecule has 8 nitrogen and oxygen atoms in total. The highest BCUT2D eigenvalue weighted by Gasteiger charge is 2.22. The second-order valence-electron chi connectivity index (χ2n) is 3.53. The van der Waals surface area contributed by atoms with Gasteiger partial charge in [-0.15, -0.1) is 0 Å². The maximum Gasteiger partial charge on any atom is 0.422 e. The van der Waals surface area contributed by atoms with Crippen LogP contribution in [0.5, 0.6) is 0 Å². The van der Waals surface area contributed by atoms with Crippen molar-refractivity contribution in [3.63, 3.8) is 0 Å². The zero-order chi connectivity index (χ0) is 13.6. The number of amides is 1. The number of carboxylic acids is 1. The van der Waals surface area contributed by atoms with Gasteiger partial charge in [-0.1, -0.05) is 0 Å². The van der Waals surface area contributed by atoms with Gasteiger partial charge in [0.05, 0.1) is 12.5 Å². The molecule has 0 unspecified atom stereocenters. The lowest BCUT2D eigenvalue weighted by Crippen LogP contribution is -2.43. The van der Waals surface area contributed by atoms with Crippen LogP contribution in [0.1, 0.15) is 20.3 Å². The third-order valence-electron chi connectivity index (χ3n) is 1.61. The van der Waals surface area contributed by atoms with Crippen LogP contribution in [0.15, 0.2) is 0 Å². The molecule has 0 saturated carbocycles. The van der Waals surface area contributed by atoms with Crippen LogP contribution in [0.25, 0.3) is 0 Å². The summed E-state index contributed by atoms with van der Waals surface area (Å²) in [6.07, 6.45) is -1.90. The second kappa shape index (κ2) is 6.40. The Hall–Kier alpha value is -1.35. The van der Waals surface area contributed by atoms with Crippen molar-refractivity contribution in [2.75, 3.05) is 13.6 Å². The minimum Gasteiger partial charge on any atom is -0.481 e. The maximum absolute atomic E-state index is 11.5. The minimum atomic E-state index is -4.06. The number of ether oxygens (including phenoxy) is 1. The van der Waals surface area contributed by atoms with Crippen LogP contribution in [0.3, 0.4) is 0 Å². The van der Waals surface area contributed by atoms with Gasteiger partial charge in [0, 0.05) is 13.6 Å². The lowest BCUT2D eigenvalue weighted by atomic mass is 10.4. The van der Waals surface area contributed by atoms with Gasteiger partial charge in [-0.05, 0) is 13.8 Å². The topological polar surface area (TPSA) is 113 Å². The van der Waals surface area contributed by atoms with Crippen LogP contribution in [-0.2, 0) is 19.7 Å². The fourth-order valence-electron chi connectivity index (χ4n) is 0.795. The molecular formula is C8H16N2O6S. The first kappa shape index (κ1) is 15.7. The van der Waals surface area contributed by atoms with Gasteiger partial charge < -0.3 is 9.84 Å². The largest absolute Gasteiger partial charge is 0.481 e. The van der Waals surface area contributed by atoms with Crippen molar-refractivity contribution in [1.82, 2.24) is 9.03 Å². The molecule has 0 radical (unpaired) electrons. The number of nitrogens with zero attached hydrogens (tertiary/aromatic N) is 1. The molecule has 9 heteroatoms. The summed E-state index contributed by atoms with van der Waals surface area (Å²) in [5, 5.41) is 8.40. The molecule has 0 atom stereocenters. The van der Waals surface area contributed by atoms with E-state index in [1.54, 1.807) is 18.6 Å². The van der Waals surface area contributed by atoms with E-state index in [9.17, 15) is 18.0 Å². The second-order valence-corrected chi connectivity index (χ2v) is 5.30. The molecule has 0 rings (SSSR count). The summed E-state index contributed by atoms with van der Waals surface area (Å²) in [4.78, 5) is 21.3. The Bertz CT molecular complexity index is 377. The van der Waals surface area contributed by atoms with Gasteiger partial charge in [-0.25, -0.2) is 9.52 Å². The van der Waals surface area contributed by atoms with Gasteiger partial charge in [-0.3, -0.25) is 4.79 Å². The van der Waals surface area contributed by atoms with Gasteiger partial charge >= 0.3 is 22.3 Å². The van der Waals surface area contributed by atoms with Gasteiger partial charge in [0.25, 0.3) is 0 Å². The van der Waals surface area contributed by atoms with Crippen LogP contribution in [0.4, 0.5) is 4.79 Å². The van der Waals surface area contributed by atoms with E-state index >= 15 is 0 Å². The van der Waals surface area contributed by atoms with Crippen LogP contribution >= 0.6 is 0 Å². The molecule has 0 heterocycles. The number of carbonyl (C=O) groups is 2. The first-order valence-corrected chi connectivity index (χ1v) is 6.25. The molecule has 0 spiro atoms. The highest BCUT2D eigenvalue weighted by molar-refractivity contribution is 7.87. The summed E-state index contributed by atoms with van der Waals surface area (Å²) in [7, 11) is -2.89. The van der Waals surface area contributed by atoms with E-state index in [1.165, 1.54) is 0 Å². The molecule has 2 N–H and O–H groups in total. The monoisotopic (exact) mass is 268 g/mol. The van der Waals surface area contributed by atoms with Crippen LogP contribution in [0, 0.1) is 0 Å². The van der Waals surface area contributed by atoms with Crippen LogP contribution in [-0.4, -0.2) is 49.6 Å². The summed E-state index contributed by atoms with van der Waals surface area (Å²) in [5.74, 6) is -1.13. The van der Waals surface area contributed by atoms with Crippen LogP contribution in [0.2, 0.25) is 0 Å². The first-order chi connectivity index (χ1) is 7.65. The third-order valence-corrected chi connectivity index (χ3v) is 3.03. The fraction of sp³-hybridized carbons (Fsp3) is 0.750. The summed E-state index contributed by atoms with van der Waals surface area (Å²) < 4.78 is 29.9. The molecule has 0 aliphatic rings. The fourth-order valence-corrected chi connectivity index (χ4v) is 1.54. The van der Waals surface area contributed by atoms with Crippen molar-refractivity contribution in [3.05, 3.63) is 0 Å². The van der Waals surface area contributed by atoms with Crippen molar-refractivity contribution < 1.29 is 27.9 Å². The van der Waals surface area contributed by atoms with Crippen molar-refractivity contribution in [1.29, 1.82) is 0 Å². The predicted octanol–water partition coefficient (Wildman–Crippen LogP) is -0.228. The van der Waals surface area contributed by atoms with Crippen molar-refractivity contribution >= 4 is 22.3 Å². The van der Waals surface area contributed by atoms with Gasteiger partial charge in [-0.2, -0.15) is 12.7 Å². The smallest absolute Gasteiger partial charge is 0.422 e. The maximum atomic E-state index is 11.5. The van der Waals surface area contributed by atoms with E-state index < -0.39 is 28.4 Å². The van der Waals surface area contributed by atoms with E-state index in [1.807, 2.05) is 0 Å². The first-order valence-electron chi connectivity index (χ1n) is 4.81. The molecule has 0 aromatic carbocycles.